The van der Waals surface area contributed by atoms with Gasteiger partial charge in [-0.15, -0.1) is 0 Å². The Morgan fingerprint density at radius 2 is 1.48 bits per heavy atom. The summed E-state index contributed by atoms with van der Waals surface area (Å²) in [6, 6.07) is 0. The fourth-order valence-electron chi connectivity index (χ4n) is 10.6. The summed E-state index contributed by atoms with van der Waals surface area (Å²) in [5.74, 6) is 5.97. The summed E-state index contributed by atoms with van der Waals surface area (Å²) in [6.45, 7) is 17.3. The second-order valence-electron chi connectivity index (χ2n) is 17.5. The zero-order valence-electron chi connectivity index (χ0n) is 33.3. The van der Waals surface area contributed by atoms with E-state index in [1.165, 1.54) is 51.4 Å². The second-order valence-corrected chi connectivity index (χ2v) is 17.5. The monoisotopic (exact) mass is 683 g/mol. The number of fused-ring (bicyclic) bond motifs is 5. The average molecular weight is 683 g/mol. The van der Waals surface area contributed by atoms with Gasteiger partial charge in [0.15, 0.2) is 0 Å². The molecular formula is C48H74O2. The van der Waals surface area contributed by atoms with Gasteiger partial charge in [-0.1, -0.05) is 152 Å². The van der Waals surface area contributed by atoms with Crippen molar-refractivity contribution in [1.29, 1.82) is 0 Å². The van der Waals surface area contributed by atoms with Gasteiger partial charge in [0, 0.05) is 12.8 Å². The molecule has 4 aliphatic carbocycles. The summed E-state index contributed by atoms with van der Waals surface area (Å²) < 4.78 is 6.11. The number of hydrogen-bond donors (Lipinski definition) is 0. The third kappa shape index (κ3) is 10.8. The van der Waals surface area contributed by atoms with Crippen LogP contribution in [-0.2, 0) is 9.53 Å². The molecule has 3 fully saturated rings. The number of unbranched alkanes of at least 4 members (excludes halogenated alkanes) is 3. The highest BCUT2D eigenvalue weighted by molar-refractivity contribution is 5.69. The molecule has 3 saturated carbocycles. The predicted molar refractivity (Wildman–Crippen MR) is 216 cm³/mol. The lowest BCUT2D eigenvalue weighted by Crippen LogP contribution is -2.51. The van der Waals surface area contributed by atoms with Crippen LogP contribution in [0, 0.1) is 52.3 Å². The van der Waals surface area contributed by atoms with Gasteiger partial charge in [0.05, 0.1) is 0 Å². The molecular weight excluding hydrogens is 609 g/mol. The Bertz CT molecular complexity index is 1260. The highest BCUT2D eigenvalue weighted by Gasteiger charge is 2.59. The Balaban J connectivity index is 1.14. The van der Waals surface area contributed by atoms with E-state index < -0.39 is 0 Å². The van der Waals surface area contributed by atoms with Crippen molar-refractivity contribution in [2.45, 2.75) is 157 Å². The molecule has 0 aromatic heterocycles. The number of carbonyl (C=O) groups excluding carboxylic acids is 1. The topological polar surface area (TPSA) is 26.3 Å². The fraction of sp³-hybridized carbons (Fsp3) is 0.688. The van der Waals surface area contributed by atoms with Crippen molar-refractivity contribution in [1.82, 2.24) is 0 Å². The number of rotatable bonds is 18. The average Bonchev–Trinajstić information content (AvgIpc) is 3.45. The normalized spacial score (nSPS) is 32.8. The molecule has 0 amide bonds. The fourth-order valence-corrected chi connectivity index (χ4v) is 10.6. The zero-order valence-corrected chi connectivity index (χ0v) is 33.3. The van der Waals surface area contributed by atoms with Gasteiger partial charge in [-0.3, -0.25) is 4.79 Å². The van der Waals surface area contributed by atoms with Crippen molar-refractivity contribution >= 4 is 5.97 Å². The molecule has 2 heteroatoms. The summed E-state index contributed by atoms with van der Waals surface area (Å²) in [6.07, 6.45) is 46.4. The molecule has 0 radical (unpaired) electrons. The third-order valence-corrected chi connectivity index (χ3v) is 14.1. The van der Waals surface area contributed by atoms with E-state index in [0.717, 1.165) is 86.4 Å². The van der Waals surface area contributed by atoms with Gasteiger partial charge in [-0.05, 0) is 123 Å². The second kappa shape index (κ2) is 20.0. The molecule has 50 heavy (non-hydrogen) atoms. The lowest BCUT2D eigenvalue weighted by atomic mass is 9.47. The van der Waals surface area contributed by atoms with Gasteiger partial charge < -0.3 is 4.74 Å². The molecule has 4 aliphatic rings. The molecule has 0 aromatic carbocycles. The first-order valence-corrected chi connectivity index (χ1v) is 21.0. The Kier molecular flexibility index (Phi) is 16.2. The van der Waals surface area contributed by atoms with E-state index in [4.69, 9.17) is 4.74 Å². The summed E-state index contributed by atoms with van der Waals surface area (Å²) in [4.78, 5) is 12.8. The number of hydrogen-bond acceptors (Lipinski definition) is 2. The van der Waals surface area contributed by atoms with Crippen LogP contribution >= 0.6 is 0 Å². The van der Waals surface area contributed by atoms with Gasteiger partial charge in [0.2, 0.25) is 0 Å². The first-order chi connectivity index (χ1) is 24.1. The number of carbonyl (C=O) groups is 1. The number of ether oxygens (including phenoxy) is 1. The van der Waals surface area contributed by atoms with Crippen molar-refractivity contribution in [2.24, 2.45) is 52.3 Å². The van der Waals surface area contributed by atoms with Crippen LogP contribution in [0.2, 0.25) is 0 Å². The zero-order chi connectivity index (χ0) is 36.0. The number of esters is 1. The Labute approximate surface area is 308 Å². The van der Waals surface area contributed by atoms with Crippen LogP contribution in [-0.4, -0.2) is 12.1 Å². The van der Waals surface area contributed by atoms with Gasteiger partial charge >= 0.3 is 5.97 Å². The summed E-state index contributed by atoms with van der Waals surface area (Å²) >= 11 is 0. The van der Waals surface area contributed by atoms with Crippen LogP contribution in [0.25, 0.3) is 0 Å². The highest BCUT2D eigenvalue weighted by Crippen LogP contribution is 2.67. The first-order valence-electron chi connectivity index (χ1n) is 21.0. The molecule has 0 aliphatic heterocycles. The van der Waals surface area contributed by atoms with Gasteiger partial charge in [-0.25, -0.2) is 0 Å². The molecule has 4 rings (SSSR count). The van der Waals surface area contributed by atoms with E-state index in [2.05, 4.69) is 91.0 Å². The lowest BCUT2D eigenvalue weighted by molar-refractivity contribution is -0.151. The third-order valence-electron chi connectivity index (χ3n) is 14.1. The first kappa shape index (κ1) is 40.4. The minimum Gasteiger partial charge on any atom is -0.462 e. The molecule has 0 bridgehead atoms. The SMILES string of the molecule is CC\C=C/C=C/C=C/C=C\C=C\C=C\CCCCCC(=O)OC1CCC2(C)C(=CCC3C2CCC2(C)C(C(C)CCC(C)C(C)C)CCC32)C1. The maximum absolute atomic E-state index is 12.8. The Morgan fingerprint density at radius 3 is 2.16 bits per heavy atom. The lowest BCUT2D eigenvalue weighted by Gasteiger charge is -2.58. The Morgan fingerprint density at radius 1 is 0.800 bits per heavy atom. The van der Waals surface area contributed by atoms with Crippen LogP contribution in [0.1, 0.15) is 151 Å². The molecule has 0 aromatic rings. The van der Waals surface area contributed by atoms with Crippen molar-refractivity contribution < 1.29 is 9.53 Å². The maximum atomic E-state index is 12.8. The molecule has 0 saturated heterocycles. The van der Waals surface area contributed by atoms with Gasteiger partial charge in [0.25, 0.3) is 0 Å². The van der Waals surface area contributed by atoms with E-state index in [9.17, 15) is 4.79 Å². The van der Waals surface area contributed by atoms with E-state index >= 15 is 0 Å². The maximum Gasteiger partial charge on any atom is 0.306 e. The minimum absolute atomic E-state index is 0.0162. The van der Waals surface area contributed by atoms with Crippen molar-refractivity contribution in [3.05, 3.63) is 84.6 Å². The van der Waals surface area contributed by atoms with E-state index in [0.29, 0.717) is 17.3 Å². The summed E-state index contributed by atoms with van der Waals surface area (Å²) in [5.41, 5.74) is 2.46. The molecule has 0 N–H and O–H groups in total. The van der Waals surface area contributed by atoms with Crippen LogP contribution in [0.3, 0.4) is 0 Å². The van der Waals surface area contributed by atoms with Crippen LogP contribution in [0.5, 0.6) is 0 Å². The van der Waals surface area contributed by atoms with Crippen LogP contribution < -0.4 is 0 Å². The van der Waals surface area contributed by atoms with E-state index in [-0.39, 0.29) is 12.1 Å². The standard InChI is InChI=1S/C48H74O2/c1-8-9-10-11-12-13-14-15-16-17-18-19-20-21-22-23-24-25-46(49)50-41-32-34-47(6)40(36-41)28-29-42-44-31-30-43(48(44,7)35-33-45(42)47)39(5)27-26-38(4)37(2)3/h9-20,28,37-39,41-45H,8,21-27,29-36H2,1-7H3/b10-9-,12-11+,14-13+,16-15-,18-17+,20-19+. The van der Waals surface area contributed by atoms with E-state index in [1.807, 2.05) is 36.5 Å². The molecule has 9 unspecified atom stereocenters. The van der Waals surface area contributed by atoms with Crippen LogP contribution in [0.4, 0.5) is 0 Å². The predicted octanol–water partition coefficient (Wildman–Crippen LogP) is 13.9. The molecule has 0 spiro atoms. The summed E-state index contributed by atoms with van der Waals surface area (Å²) in [7, 11) is 0. The summed E-state index contributed by atoms with van der Waals surface area (Å²) in [5, 5.41) is 0. The largest absolute Gasteiger partial charge is 0.462 e. The highest BCUT2D eigenvalue weighted by atomic mass is 16.5. The van der Waals surface area contributed by atoms with Crippen molar-refractivity contribution in [2.75, 3.05) is 0 Å². The molecule has 2 nitrogen and oxygen atoms in total. The Hall–Kier alpha value is -2.35. The molecule has 9 atom stereocenters. The smallest absolute Gasteiger partial charge is 0.306 e. The van der Waals surface area contributed by atoms with E-state index in [1.54, 1.807) is 5.57 Å². The van der Waals surface area contributed by atoms with Crippen LogP contribution in [0.15, 0.2) is 84.6 Å². The minimum atomic E-state index is 0.0162. The van der Waals surface area contributed by atoms with Crippen molar-refractivity contribution in [3.8, 4) is 0 Å². The molecule has 0 heterocycles. The van der Waals surface area contributed by atoms with Crippen molar-refractivity contribution in [3.63, 3.8) is 0 Å². The quantitative estimate of drug-likeness (QED) is 0.0622. The van der Waals surface area contributed by atoms with Gasteiger partial charge in [-0.2, -0.15) is 0 Å². The van der Waals surface area contributed by atoms with Gasteiger partial charge in [0.1, 0.15) is 6.10 Å². The number of allylic oxidation sites excluding steroid dienone is 13. The molecule has 278 valence electrons.